The number of carbonyl (C=O) groups is 1. The quantitative estimate of drug-likeness (QED) is 0.586. The van der Waals surface area contributed by atoms with E-state index in [9.17, 15) is 4.79 Å². The Bertz CT molecular complexity index is 76.6. The van der Waals surface area contributed by atoms with Crippen LogP contribution in [-0.2, 0) is 4.79 Å². The van der Waals surface area contributed by atoms with E-state index in [-0.39, 0.29) is 18.3 Å². The number of hydrogen-bond acceptors (Lipinski definition) is 2. The van der Waals surface area contributed by atoms with Crippen LogP contribution in [0.4, 0.5) is 0 Å². The van der Waals surface area contributed by atoms with Crippen molar-refractivity contribution in [3.8, 4) is 0 Å². The average Bonchev–Trinajstić information content (AvgIpc) is 1.67. The second kappa shape index (κ2) is 3.61. The van der Waals surface area contributed by atoms with E-state index in [0.29, 0.717) is 6.42 Å². The van der Waals surface area contributed by atoms with Crippen LogP contribution in [-0.4, -0.2) is 17.5 Å². The number of carbonyl (C=O) groups excluding carboxylic acids is 1. The summed E-state index contributed by atoms with van der Waals surface area (Å²) in [6.45, 7) is 3.65. The summed E-state index contributed by atoms with van der Waals surface area (Å²) in [6.07, 6.45) is 0.303. The van der Waals surface area contributed by atoms with E-state index in [4.69, 9.17) is 5.11 Å². The Kier molecular flexibility index (Phi) is 3.44. The van der Waals surface area contributed by atoms with Gasteiger partial charge < -0.3 is 5.11 Å². The zero-order chi connectivity index (χ0) is 6.57. The first-order valence-electron chi connectivity index (χ1n) is 2.82. The van der Waals surface area contributed by atoms with Crippen LogP contribution in [0.1, 0.15) is 20.3 Å². The number of ketones is 1. The molecular weight excluding hydrogens is 104 g/mol. The molecule has 2 nitrogen and oxygen atoms in total. The van der Waals surface area contributed by atoms with Crippen molar-refractivity contribution in [2.24, 2.45) is 5.92 Å². The van der Waals surface area contributed by atoms with Gasteiger partial charge in [-0.05, 0) is 0 Å². The van der Waals surface area contributed by atoms with Crippen LogP contribution in [0.25, 0.3) is 0 Å². The van der Waals surface area contributed by atoms with Crippen LogP contribution in [0.5, 0.6) is 0 Å². The third-order valence-electron chi connectivity index (χ3n) is 1.00. The highest BCUT2D eigenvalue weighted by molar-refractivity contribution is 5.80. The van der Waals surface area contributed by atoms with Gasteiger partial charge in [0.25, 0.3) is 0 Å². The highest BCUT2D eigenvalue weighted by atomic mass is 16.3. The standard InChI is InChI=1S/C6H12O2/c1-5(2)6(8)3-4-7/h5,7H,3-4H2,1-2H3. The molecule has 0 bridgehead atoms. The molecule has 0 aliphatic rings. The number of aliphatic hydroxyl groups excluding tert-OH is 1. The largest absolute Gasteiger partial charge is 0.396 e. The molecule has 0 aromatic rings. The summed E-state index contributed by atoms with van der Waals surface area (Å²) in [7, 11) is 0. The molecule has 8 heavy (non-hydrogen) atoms. The number of hydrogen-bond donors (Lipinski definition) is 1. The Morgan fingerprint density at radius 1 is 1.62 bits per heavy atom. The first-order chi connectivity index (χ1) is 3.68. The van der Waals surface area contributed by atoms with Gasteiger partial charge in [0.1, 0.15) is 5.78 Å². The Labute approximate surface area is 49.5 Å². The van der Waals surface area contributed by atoms with E-state index in [1.54, 1.807) is 0 Å². The Morgan fingerprint density at radius 3 is 2.25 bits per heavy atom. The minimum Gasteiger partial charge on any atom is -0.396 e. The molecule has 0 saturated heterocycles. The van der Waals surface area contributed by atoms with Crippen molar-refractivity contribution in [2.45, 2.75) is 20.3 Å². The minimum atomic E-state index is -0.0169. The fourth-order valence-corrected chi connectivity index (χ4v) is 0.399. The number of aliphatic hydroxyl groups is 1. The lowest BCUT2D eigenvalue weighted by Gasteiger charge is -1.98. The van der Waals surface area contributed by atoms with Crippen LogP contribution in [0, 0.1) is 5.92 Å². The lowest BCUT2D eigenvalue weighted by Crippen LogP contribution is -2.07. The third-order valence-corrected chi connectivity index (χ3v) is 1.00. The summed E-state index contributed by atoms with van der Waals surface area (Å²) >= 11 is 0. The predicted molar refractivity (Wildman–Crippen MR) is 31.5 cm³/mol. The summed E-state index contributed by atoms with van der Waals surface area (Å²) in [5.74, 6) is 0.203. The fourth-order valence-electron chi connectivity index (χ4n) is 0.399. The topological polar surface area (TPSA) is 37.3 Å². The summed E-state index contributed by atoms with van der Waals surface area (Å²) in [6, 6.07) is 0. The monoisotopic (exact) mass is 116 g/mol. The van der Waals surface area contributed by atoms with Crippen LogP contribution >= 0.6 is 0 Å². The van der Waals surface area contributed by atoms with E-state index < -0.39 is 0 Å². The summed E-state index contributed by atoms with van der Waals surface area (Å²) in [4.78, 5) is 10.6. The van der Waals surface area contributed by atoms with Crippen molar-refractivity contribution >= 4 is 5.78 Å². The van der Waals surface area contributed by atoms with Crippen LogP contribution in [0.3, 0.4) is 0 Å². The molecule has 0 aromatic carbocycles. The molecule has 2 heteroatoms. The molecule has 0 spiro atoms. The van der Waals surface area contributed by atoms with E-state index in [1.165, 1.54) is 0 Å². The second-order valence-electron chi connectivity index (χ2n) is 2.09. The van der Waals surface area contributed by atoms with Gasteiger partial charge in [-0.1, -0.05) is 13.8 Å². The van der Waals surface area contributed by atoms with Crippen molar-refractivity contribution in [1.29, 1.82) is 0 Å². The van der Waals surface area contributed by atoms with Gasteiger partial charge in [0.2, 0.25) is 0 Å². The second-order valence-corrected chi connectivity index (χ2v) is 2.09. The maximum absolute atomic E-state index is 10.6. The molecule has 0 aliphatic carbocycles. The molecule has 0 saturated carbocycles. The van der Waals surface area contributed by atoms with Crippen molar-refractivity contribution in [2.75, 3.05) is 6.61 Å². The summed E-state index contributed by atoms with van der Waals surface area (Å²) in [5.41, 5.74) is 0. The average molecular weight is 116 g/mol. The lowest BCUT2D eigenvalue weighted by molar-refractivity contribution is -0.122. The van der Waals surface area contributed by atoms with Gasteiger partial charge in [-0.15, -0.1) is 0 Å². The van der Waals surface area contributed by atoms with Gasteiger partial charge in [-0.3, -0.25) is 4.79 Å². The first kappa shape index (κ1) is 7.63. The predicted octanol–water partition coefficient (Wildman–Crippen LogP) is 0.594. The minimum absolute atomic E-state index is 0.0169. The molecule has 0 unspecified atom stereocenters. The zero-order valence-electron chi connectivity index (χ0n) is 5.35. The molecule has 0 radical (unpaired) electrons. The normalized spacial score (nSPS) is 10.0. The fraction of sp³-hybridized carbons (Fsp3) is 0.833. The van der Waals surface area contributed by atoms with Gasteiger partial charge in [0, 0.05) is 18.9 Å². The SMILES string of the molecule is CC(C)C(=O)CCO. The number of Topliss-reactive ketones (excluding diaryl/α,β-unsaturated/α-hetero) is 1. The van der Waals surface area contributed by atoms with Crippen LogP contribution in [0.15, 0.2) is 0 Å². The smallest absolute Gasteiger partial charge is 0.137 e. The van der Waals surface area contributed by atoms with E-state index in [2.05, 4.69) is 0 Å². The summed E-state index contributed by atoms with van der Waals surface area (Å²) < 4.78 is 0. The molecule has 0 fully saturated rings. The van der Waals surface area contributed by atoms with Gasteiger partial charge in [-0.25, -0.2) is 0 Å². The Hall–Kier alpha value is -0.370. The molecule has 0 rings (SSSR count). The third kappa shape index (κ3) is 2.75. The molecule has 0 amide bonds. The van der Waals surface area contributed by atoms with Gasteiger partial charge in [0.05, 0.1) is 0 Å². The zero-order valence-corrected chi connectivity index (χ0v) is 5.35. The molecular formula is C6H12O2. The van der Waals surface area contributed by atoms with E-state index in [0.717, 1.165) is 0 Å². The highest BCUT2D eigenvalue weighted by Crippen LogP contribution is 1.96. The molecule has 0 aromatic heterocycles. The van der Waals surface area contributed by atoms with E-state index >= 15 is 0 Å². The highest BCUT2D eigenvalue weighted by Gasteiger charge is 2.03. The van der Waals surface area contributed by atoms with Gasteiger partial charge in [-0.2, -0.15) is 0 Å². The Morgan fingerprint density at radius 2 is 2.12 bits per heavy atom. The van der Waals surface area contributed by atoms with Gasteiger partial charge >= 0.3 is 0 Å². The van der Waals surface area contributed by atoms with E-state index in [1.807, 2.05) is 13.8 Å². The maximum atomic E-state index is 10.6. The van der Waals surface area contributed by atoms with Crippen molar-refractivity contribution < 1.29 is 9.90 Å². The first-order valence-corrected chi connectivity index (χ1v) is 2.82. The molecule has 0 aliphatic heterocycles. The molecule has 1 N–H and O–H groups in total. The van der Waals surface area contributed by atoms with Crippen molar-refractivity contribution in [3.63, 3.8) is 0 Å². The molecule has 0 atom stereocenters. The van der Waals surface area contributed by atoms with Crippen LogP contribution < -0.4 is 0 Å². The Balaban J connectivity index is 3.33. The molecule has 48 valence electrons. The van der Waals surface area contributed by atoms with Crippen LogP contribution in [0.2, 0.25) is 0 Å². The molecule has 0 heterocycles. The number of rotatable bonds is 3. The lowest BCUT2D eigenvalue weighted by atomic mass is 10.1. The van der Waals surface area contributed by atoms with Crippen molar-refractivity contribution in [1.82, 2.24) is 0 Å². The van der Waals surface area contributed by atoms with Gasteiger partial charge in [0.15, 0.2) is 0 Å². The van der Waals surface area contributed by atoms with Crippen molar-refractivity contribution in [3.05, 3.63) is 0 Å². The maximum Gasteiger partial charge on any atom is 0.137 e. The summed E-state index contributed by atoms with van der Waals surface area (Å²) in [5, 5.41) is 8.26.